The minimum Gasteiger partial charge on any atom is -0.489 e. The molecular weight excluding hydrogens is 396 g/mol. The number of aromatic amines is 1. The van der Waals surface area contributed by atoms with Crippen molar-refractivity contribution in [3.05, 3.63) is 64.2 Å². The number of carbonyl (C=O) groups is 1. The molecule has 0 saturated heterocycles. The summed E-state index contributed by atoms with van der Waals surface area (Å²) in [6.45, 7) is -0.282. The largest absolute Gasteiger partial charge is 0.489 e. The Labute approximate surface area is 160 Å². The lowest BCUT2D eigenvalue weighted by Gasteiger charge is -2.15. The second kappa shape index (κ2) is 7.82. The van der Waals surface area contributed by atoms with Crippen LogP contribution in [0.1, 0.15) is 5.56 Å². The zero-order valence-corrected chi connectivity index (χ0v) is 14.6. The number of rotatable bonds is 5. The van der Waals surface area contributed by atoms with Crippen LogP contribution in [0.5, 0.6) is 5.75 Å². The second-order valence-corrected chi connectivity index (χ2v) is 6.01. The minimum atomic E-state index is -4.59. The van der Waals surface area contributed by atoms with E-state index in [0.717, 1.165) is 24.3 Å². The van der Waals surface area contributed by atoms with Crippen LogP contribution in [-0.2, 0) is 6.18 Å². The lowest BCUT2D eigenvalue weighted by atomic mass is 10.0. The van der Waals surface area contributed by atoms with Crippen molar-refractivity contribution in [2.75, 3.05) is 13.2 Å². The van der Waals surface area contributed by atoms with E-state index in [2.05, 4.69) is 10.3 Å². The second-order valence-electron chi connectivity index (χ2n) is 6.01. The Bertz CT molecular complexity index is 1130. The van der Waals surface area contributed by atoms with Crippen molar-refractivity contribution >= 4 is 16.9 Å². The number of aromatic nitrogens is 1. The summed E-state index contributed by atoms with van der Waals surface area (Å²) in [5, 5.41) is 10.8. The van der Waals surface area contributed by atoms with E-state index >= 15 is 0 Å². The van der Waals surface area contributed by atoms with Crippen LogP contribution in [-0.4, -0.2) is 29.3 Å². The SMILES string of the molecule is O=C(O)NCCOc1c(-c2cccc(C(F)(F)F)c2)[nH]c(=O)c2cc(F)ccc12. The Morgan fingerprint density at radius 2 is 1.90 bits per heavy atom. The fraction of sp³-hybridized carbons (Fsp3) is 0.158. The molecule has 6 nitrogen and oxygen atoms in total. The van der Waals surface area contributed by atoms with Crippen LogP contribution in [0.3, 0.4) is 0 Å². The van der Waals surface area contributed by atoms with Gasteiger partial charge in [0.05, 0.1) is 23.2 Å². The first kappa shape index (κ1) is 20.2. The third-order valence-corrected chi connectivity index (χ3v) is 4.04. The highest BCUT2D eigenvalue weighted by Gasteiger charge is 2.31. The molecule has 3 rings (SSSR count). The smallest absolute Gasteiger partial charge is 0.416 e. The van der Waals surface area contributed by atoms with Crippen molar-refractivity contribution in [2.24, 2.45) is 0 Å². The minimum absolute atomic E-state index is 0.00566. The van der Waals surface area contributed by atoms with Crippen LogP contribution in [0.15, 0.2) is 47.3 Å². The van der Waals surface area contributed by atoms with Gasteiger partial charge in [0, 0.05) is 10.9 Å². The van der Waals surface area contributed by atoms with Crippen LogP contribution in [0.4, 0.5) is 22.4 Å². The summed E-state index contributed by atoms with van der Waals surface area (Å²) in [6.07, 6.45) is -5.87. The molecular formula is C19H14F4N2O4. The first-order chi connectivity index (χ1) is 13.7. The topological polar surface area (TPSA) is 91.4 Å². The predicted molar refractivity (Wildman–Crippen MR) is 96.5 cm³/mol. The van der Waals surface area contributed by atoms with Crippen LogP contribution in [0, 0.1) is 5.82 Å². The molecule has 0 aliphatic heterocycles. The van der Waals surface area contributed by atoms with Crippen molar-refractivity contribution in [1.82, 2.24) is 10.3 Å². The molecule has 152 valence electrons. The zero-order valence-electron chi connectivity index (χ0n) is 14.6. The summed E-state index contributed by atoms with van der Waals surface area (Å²) in [6, 6.07) is 7.61. The van der Waals surface area contributed by atoms with Gasteiger partial charge in [0.2, 0.25) is 0 Å². The Balaban J connectivity index is 2.15. The number of pyridine rings is 1. The van der Waals surface area contributed by atoms with Gasteiger partial charge < -0.3 is 20.1 Å². The molecule has 3 aromatic rings. The number of H-pyrrole nitrogens is 1. The molecule has 2 aromatic carbocycles. The van der Waals surface area contributed by atoms with E-state index in [0.29, 0.717) is 0 Å². The molecule has 0 unspecified atom stereocenters. The summed E-state index contributed by atoms with van der Waals surface area (Å²) < 4.78 is 58.4. The van der Waals surface area contributed by atoms with Gasteiger partial charge in [-0.25, -0.2) is 9.18 Å². The summed E-state index contributed by atoms with van der Waals surface area (Å²) >= 11 is 0. The average Bonchev–Trinajstić information content (AvgIpc) is 2.66. The molecule has 1 amide bonds. The van der Waals surface area contributed by atoms with E-state index in [9.17, 15) is 27.2 Å². The number of nitrogens with one attached hydrogen (secondary N) is 2. The van der Waals surface area contributed by atoms with Crippen LogP contribution < -0.4 is 15.6 Å². The summed E-state index contributed by atoms with van der Waals surface area (Å²) in [5.74, 6) is -0.667. The predicted octanol–water partition coefficient (Wildman–Crippen LogP) is 4.00. The van der Waals surface area contributed by atoms with Gasteiger partial charge in [0.15, 0.2) is 5.75 Å². The van der Waals surface area contributed by atoms with Crippen molar-refractivity contribution in [1.29, 1.82) is 0 Å². The van der Waals surface area contributed by atoms with E-state index in [1.54, 1.807) is 0 Å². The highest BCUT2D eigenvalue weighted by Crippen LogP contribution is 2.37. The lowest BCUT2D eigenvalue weighted by Crippen LogP contribution is -2.26. The zero-order chi connectivity index (χ0) is 21.2. The molecule has 0 saturated carbocycles. The van der Waals surface area contributed by atoms with Gasteiger partial charge in [-0.1, -0.05) is 12.1 Å². The molecule has 0 aliphatic rings. The number of alkyl halides is 3. The molecule has 1 aromatic heterocycles. The first-order valence-corrected chi connectivity index (χ1v) is 8.29. The van der Waals surface area contributed by atoms with Gasteiger partial charge in [-0.2, -0.15) is 13.2 Å². The molecule has 0 radical (unpaired) electrons. The average molecular weight is 410 g/mol. The summed E-state index contributed by atoms with van der Waals surface area (Å²) in [4.78, 5) is 25.4. The Hall–Kier alpha value is -3.56. The van der Waals surface area contributed by atoms with Crippen molar-refractivity contribution in [3.63, 3.8) is 0 Å². The molecule has 10 heteroatoms. The highest BCUT2D eigenvalue weighted by atomic mass is 19.4. The fourth-order valence-electron chi connectivity index (χ4n) is 2.79. The molecule has 0 atom stereocenters. The van der Waals surface area contributed by atoms with E-state index in [-0.39, 0.29) is 40.9 Å². The van der Waals surface area contributed by atoms with E-state index < -0.39 is 29.2 Å². The number of fused-ring (bicyclic) bond motifs is 1. The van der Waals surface area contributed by atoms with Crippen LogP contribution in [0.2, 0.25) is 0 Å². The van der Waals surface area contributed by atoms with Gasteiger partial charge >= 0.3 is 12.3 Å². The number of benzene rings is 2. The summed E-state index contributed by atoms with van der Waals surface area (Å²) in [5.41, 5.74) is -1.63. The van der Waals surface area contributed by atoms with E-state index in [1.165, 1.54) is 18.2 Å². The quantitative estimate of drug-likeness (QED) is 0.438. The van der Waals surface area contributed by atoms with Crippen molar-refractivity contribution in [3.8, 4) is 17.0 Å². The number of amides is 1. The third kappa shape index (κ3) is 4.48. The monoisotopic (exact) mass is 410 g/mol. The molecule has 0 bridgehead atoms. The first-order valence-electron chi connectivity index (χ1n) is 8.29. The number of ether oxygens (including phenoxy) is 1. The number of hydrogen-bond acceptors (Lipinski definition) is 3. The number of halogens is 4. The Morgan fingerprint density at radius 1 is 1.14 bits per heavy atom. The normalized spacial score (nSPS) is 11.4. The maximum Gasteiger partial charge on any atom is 0.416 e. The van der Waals surface area contributed by atoms with Gasteiger partial charge in [-0.3, -0.25) is 4.79 Å². The fourth-order valence-corrected chi connectivity index (χ4v) is 2.79. The standard InChI is InChI=1S/C19H14F4N2O4/c20-12-4-5-13-14(9-12)17(26)25-15(16(13)29-7-6-24-18(27)28)10-2-1-3-11(8-10)19(21,22)23/h1-5,8-9,24H,6-7H2,(H,25,26)(H,27,28). The van der Waals surface area contributed by atoms with E-state index in [4.69, 9.17) is 9.84 Å². The molecule has 1 heterocycles. The van der Waals surface area contributed by atoms with Gasteiger partial charge in [0.25, 0.3) is 5.56 Å². The van der Waals surface area contributed by atoms with Gasteiger partial charge in [-0.15, -0.1) is 0 Å². The van der Waals surface area contributed by atoms with Crippen molar-refractivity contribution in [2.45, 2.75) is 6.18 Å². The summed E-state index contributed by atoms with van der Waals surface area (Å²) in [7, 11) is 0. The van der Waals surface area contributed by atoms with Gasteiger partial charge in [0.1, 0.15) is 12.4 Å². The highest BCUT2D eigenvalue weighted by molar-refractivity contribution is 5.93. The van der Waals surface area contributed by atoms with Crippen LogP contribution >= 0.6 is 0 Å². The lowest BCUT2D eigenvalue weighted by molar-refractivity contribution is -0.137. The Morgan fingerprint density at radius 3 is 2.59 bits per heavy atom. The van der Waals surface area contributed by atoms with Gasteiger partial charge in [-0.05, 0) is 30.3 Å². The maximum atomic E-state index is 13.6. The van der Waals surface area contributed by atoms with Crippen molar-refractivity contribution < 1.29 is 32.2 Å². The van der Waals surface area contributed by atoms with Crippen LogP contribution in [0.25, 0.3) is 22.0 Å². The number of carboxylic acid groups (broad SMARTS) is 1. The number of hydrogen-bond donors (Lipinski definition) is 3. The third-order valence-electron chi connectivity index (χ3n) is 4.04. The molecule has 29 heavy (non-hydrogen) atoms. The molecule has 3 N–H and O–H groups in total. The van der Waals surface area contributed by atoms with E-state index in [1.807, 2.05) is 0 Å². The molecule has 0 fully saturated rings. The molecule has 0 spiro atoms. The molecule has 0 aliphatic carbocycles. The Kier molecular flexibility index (Phi) is 5.44. The maximum absolute atomic E-state index is 13.6.